The number of ether oxygens (including phenoxy) is 1. The average molecular weight is 569 g/mol. The Morgan fingerprint density at radius 2 is 1.73 bits per heavy atom. The van der Waals surface area contributed by atoms with Gasteiger partial charge in [-0.15, -0.1) is 13.2 Å². The lowest BCUT2D eigenvalue weighted by Gasteiger charge is -2.60. The molecule has 0 atom stereocenters. The van der Waals surface area contributed by atoms with E-state index in [1.807, 2.05) is 25.5 Å². The molecule has 1 N–H and O–H groups in total. The Hall–Kier alpha value is -3.49. The number of alkyl halides is 3. The predicted molar refractivity (Wildman–Crippen MR) is 153 cm³/mol. The lowest BCUT2D eigenvalue weighted by Crippen LogP contribution is -2.61. The average Bonchev–Trinajstić information content (AvgIpc) is 3.31. The van der Waals surface area contributed by atoms with Gasteiger partial charge in [-0.3, -0.25) is 9.48 Å². The first-order valence-corrected chi connectivity index (χ1v) is 14.8. The molecule has 1 aliphatic carbocycles. The van der Waals surface area contributed by atoms with Gasteiger partial charge in [0.15, 0.2) is 0 Å². The summed E-state index contributed by atoms with van der Waals surface area (Å²) in [7, 11) is 0. The largest absolute Gasteiger partial charge is 0.573 e. The third kappa shape index (κ3) is 6.23. The lowest BCUT2D eigenvalue weighted by atomic mass is 9.56. The SMILES string of the molecule is CC.CCc1nn2c(c1C(=O)NCc1ccc(C3CC4(C3)CN(c3ccc(OC(F)(F)F)cc3)C4)cc1)CCCC2. The van der Waals surface area contributed by atoms with Crippen molar-refractivity contribution >= 4 is 11.6 Å². The highest BCUT2D eigenvalue weighted by Gasteiger charge is 2.52. The molecule has 1 aromatic heterocycles. The summed E-state index contributed by atoms with van der Waals surface area (Å²) < 4.78 is 43.1. The summed E-state index contributed by atoms with van der Waals surface area (Å²) in [6, 6.07) is 14.7. The molecular weight excluding hydrogens is 529 g/mol. The molecule has 2 fully saturated rings. The normalized spacial score (nSPS) is 17.6. The van der Waals surface area contributed by atoms with E-state index in [1.165, 1.54) is 17.7 Å². The zero-order valence-electron chi connectivity index (χ0n) is 24.1. The third-order valence-electron chi connectivity index (χ3n) is 8.48. The molecule has 2 aliphatic heterocycles. The highest BCUT2D eigenvalue weighted by Crippen LogP contribution is 2.56. The summed E-state index contributed by atoms with van der Waals surface area (Å²) in [5.41, 5.74) is 6.35. The Morgan fingerprint density at radius 3 is 2.37 bits per heavy atom. The van der Waals surface area contributed by atoms with Crippen molar-refractivity contribution in [1.82, 2.24) is 15.1 Å². The molecule has 6 nitrogen and oxygen atoms in total. The molecule has 3 aliphatic rings. The molecule has 41 heavy (non-hydrogen) atoms. The van der Waals surface area contributed by atoms with Crippen LogP contribution in [-0.4, -0.2) is 35.1 Å². The molecule has 6 rings (SSSR count). The van der Waals surface area contributed by atoms with E-state index in [0.717, 1.165) is 86.4 Å². The van der Waals surface area contributed by atoms with Gasteiger partial charge >= 0.3 is 6.36 Å². The van der Waals surface area contributed by atoms with Crippen LogP contribution < -0.4 is 15.0 Å². The van der Waals surface area contributed by atoms with E-state index in [9.17, 15) is 18.0 Å². The number of rotatable bonds is 7. The summed E-state index contributed by atoms with van der Waals surface area (Å²) >= 11 is 0. The van der Waals surface area contributed by atoms with E-state index in [1.54, 1.807) is 12.1 Å². The fraction of sp³-hybridized carbons (Fsp3) is 0.500. The monoisotopic (exact) mass is 568 g/mol. The van der Waals surface area contributed by atoms with Crippen molar-refractivity contribution in [2.75, 3.05) is 18.0 Å². The van der Waals surface area contributed by atoms with Crippen molar-refractivity contribution in [2.24, 2.45) is 5.41 Å². The van der Waals surface area contributed by atoms with E-state index >= 15 is 0 Å². The first kappa shape index (κ1) is 29.0. The number of aryl methyl sites for hydroxylation is 2. The number of carbonyl (C=O) groups is 1. The third-order valence-corrected chi connectivity index (χ3v) is 8.48. The number of aromatic nitrogens is 2. The van der Waals surface area contributed by atoms with Gasteiger partial charge < -0.3 is 15.0 Å². The van der Waals surface area contributed by atoms with Crippen molar-refractivity contribution in [2.45, 2.75) is 84.7 Å². The van der Waals surface area contributed by atoms with E-state index < -0.39 is 6.36 Å². The molecule has 220 valence electrons. The van der Waals surface area contributed by atoms with Crippen LogP contribution in [0.3, 0.4) is 0 Å². The second-order valence-corrected chi connectivity index (χ2v) is 11.2. The van der Waals surface area contributed by atoms with Crippen LogP contribution >= 0.6 is 0 Å². The number of anilines is 1. The minimum Gasteiger partial charge on any atom is -0.406 e. The summed E-state index contributed by atoms with van der Waals surface area (Å²) in [5, 5.41) is 7.77. The molecule has 3 heterocycles. The molecule has 0 bridgehead atoms. The first-order chi connectivity index (χ1) is 19.7. The van der Waals surface area contributed by atoms with Crippen LogP contribution in [-0.2, 0) is 25.9 Å². The van der Waals surface area contributed by atoms with Crippen LogP contribution in [0, 0.1) is 5.41 Å². The van der Waals surface area contributed by atoms with Crippen molar-refractivity contribution in [3.63, 3.8) is 0 Å². The van der Waals surface area contributed by atoms with Crippen LogP contribution in [0.25, 0.3) is 0 Å². The van der Waals surface area contributed by atoms with E-state index in [2.05, 4.69) is 44.3 Å². The number of fused-ring (bicyclic) bond motifs is 1. The van der Waals surface area contributed by atoms with Crippen LogP contribution in [0.15, 0.2) is 48.5 Å². The van der Waals surface area contributed by atoms with Gasteiger partial charge in [-0.05, 0) is 79.8 Å². The Labute approximate surface area is 239 Å². The van der Waals surface area contributed by atoms with Gasteiger partial charge in [0, 0.05) is 37.3 Å². The summed E-state index contributed by atoms with van der Waals surface area (Å²) in [6.45, 7) is 9.27. The summed E-state index contributed by atoms with van der Waals surface area (Å²) in [6.07, 6.45) is 1.43. The molecule has 3 aromatic rings. The number of nitrogens with one attached hydrogen (secondary N) is 1. The van der Waals surface area contributed by atoms with E-state index in [4.69, 9.17) is 0 Å². The highest BCUT2D eigenvalue weighted by atomic mass is 19.4. The quantitative estimate of drug-likeness (QED) is 0.333. The van der Waals surface area contributed by atoms with Crippen molar-refractivity contribution in [3.8, 4) is 5.75 Å². The molecule has 2 aromatic carbocycles. The van der Waals surface area contributed by atoms with Crippen LogP contribution in [0.2, 0.25) is 0 Å². The number of amides is 1. The molecule has 0 unspecified atom stereocenters. The highest BCUT2D eigenvalue weighted by molar-refractivity contribution is 5.96. The molecule has 1 spiro atoms. The van der Waals surface area contributed by atoms with Crippen LogP contribution in [0.4, 0.5) is 18.9 Å². The zero-order chi connectivity index (χ0) is 29.2. The molecular formula is C32H39F3N4O2. The maximum atomic E-state index is 13.1. The van der Waals surface area contributed by atoms with Gasteiger partial charge in [0.25, 0.3) is 5.91 Å². The number of nitrogens with zero attached hydrogens (tertiary/aromatic N) is 3. The number of carbonyl (C=O) groups excluding carboxylic acids is 1. The Kier molecular flexibility index (Phi) is 8.34. The molecule has 1 amide bonds. The fourth-order valence-electron chi connectivity index (χ4n) is 6.52. The maximum absolute atomic E-state index is 13.1. The zero-order valence-corrected chi connectivity index (χ0v) is 24.1. The van der Waals surface area contributed by atoms with Gasteiger partial charge in [-0.25, -0.2) is 0 Å². The maximum Gasteiger partial charge on any atom is 0.573 e. The number of hydrogen-bond donors (Lipinski definition) is 1. The van der Waals surface area contributed by atoms with Crippen molar-refractivity contribution in [3.05, 3.63) is 76.6 Å². The van der Waals surface area contributed by atoms with Crippen molar-refractivity contribution in [1.29, 1.82) is 0 Å². The summed E-state index contributed by atoms with van der Waals surface area (Å²) in [5.74, 6) is 0.293. The molecule has 1 saturated carbocycles. The van der Waals surface area contributed by atoms with E-state index in [-0.39, 0.29) is 11.7 Å². The van der Waals surface area contributed by atoms with Gasteiger partial charge in [-0.2, -0.15) is 5.10 Å². The van der Waals surface area contributed by atoms with Gasteiger partial charge in [0.1, 0.15) is 5.75 Å². The topological polar surface area (TPSA) is 59.4 Å². The van der Waals surface area contributed by atoms with Gasteiger partial charge in [-0.1, -0.05) is 45.0 Å². The molecule has 0 radical (unpaired) electrons. The second kappa shape index (κ2) is 11.8. The predicted octanol–water partition coefficient (Wildman–Crippen LogP) is 7.02. The van der Waals surface area contributed by atoms with Gasteiger partial charge in [0.05, 0.1) is 17.0 Å². The molecule has 9 heteroatoms. The second-order valence-electron chi connectivity index (χ2n) is 11.2. The Morgan fingerprint density at radius 1 is 1.05 bits per heavy atom. The number of hydrogen-bond acceptors (Lipinski definition) is 4. The first-order valence-electron chi connectivity index (χ1n) is 14.8. The van der Waals surface area contributed by atoms with Crippen LogP contribution in [0.1, 0.15) is 85.2 Å². The van der Waals surface area contributed by atoms with Crippen LogP contribution in [0.5, 0.6) is 5.75 Å². The Bertz CT molecular complexity index is 1340. The summed E-state index contributed by atoms with van der Waals surface area (Å²) in [4.78, 5) is 15.3. The molecule has 1 saturated heterocycles. The van der Waals surface area contributed by atoms with Crippen molar-refractivity contribution < 1.29 is 22.7 Å². The Balaban J connectivity index is 0.00000165. The standard InChI is InChI=1S/C30H33F3N4O2.C2H6/c1-2-25-27(26-5-3-4-14-37(26)35-25)28(38)34-17-20-6-8-21(9-7-20)22-15-29(16-22)18-36(19-29)23-10-12-24(13-11-23)39-30(31,32)33;1-2/h6-13,22H,2-5,14-19H2,1H3,(H,34,38);1-2H3. The van der Waals surface area contributed by atoms with Gasteiger partial charge in [0.2, 0.25) is 0 Å². The number of halogens is 3. The number of benzene rings is 2. The van der Waals surface area contributed by atoms with E-state index in [0.29, 0.717) is 17.9 Å². The fourth-order valence-corrected chi connectivity index (χ4v) is 6.52. The smallest absolute Gasteiger partial charge is 0.406 e. The minimum atomic E-state index is -4.67. The lowest BCUT2D eigenvalue weighted by molar-refractivity contribution is -0.274. The minimum absolute atomic E-state index is 0.0305.